The highest BCUT2D eigenvalue weighted by Gasteiger charge is 2.28. The molecule has 0 amide bonds. The van der Waals surface area contributed by atoms with Crippen molar-refractivity contribution in [2.45, 2.75) is 72.0 Å². The Labute approximate surface area is 125 Å². The first kappa shape index (κ1) is 17.9. The SMILES string of the molecule is CC(C)C(C)(C)OCC(C)(C)OCCC1CCNCC1. The Bertz CT molecular complexity index is 268. The molecule has 0 bridgehead atoms. The van der Waals surface area contributed by atoms with Gasteiger partial charge in [-0.3, -0.25) is 0 Å². The molecule has 0 aromatic rings. The van der Waals surface area contributed by atoms with Crippen molar-refractivity contribution in [1.29, 1.82) is 0 Å². The Balaban J connectivity index is 2.23. The molecular formula is C17H35NO2. The number of nitrogens with one attached hydrogen (secondary N) is 1. The highest BCUT2D eigenvalue weighted by Crippen LogP contribution is 2.24. The molecule has 0 saturated carbocycles. The van der Waals surface area contributed by atoms with Gasteiger partial charge in [0.05, 0.1) is 17.8 Å². The molecule has 1 saturated heterocycles. The summed E-state index contributed by atoms with van der Waals surface area (Å²) in [5.41, 5.74) is -0.283. The van der Waals surface area contributed by atoms with Gasteiger partial charge in [0.25, 0.3) is 0 Å². The molecule has 0 aliphatic carbocycles. The summed E-state index contributed by atoms with van der Waals surface area (Å²) >= 11 is 0. The average molecular weight is 285 g/mol. The summed E-state index contributed by atoms with van der Waals surface area (Å²) in [6.07, 6.45) is 3.76. The zero-order chi connectivity index (χ0) is 15.2. The van der Waals surface area contributed by atoms with Gasteiger partial charge >= 0.3 is 0 Å². The molecule has 0 aromatic heterocycles. The maximum Gasteiger partial charge on any atom is 0.0859 e. The van der Waals surface area contributed by atoms with Crippen LogP contribution in [-0.4, -0.2) is 37.5 Å². The first-order chi connectivity index (χ1) is 9.23. The van der Waals surface area contributed by atoms with Gasteiger partial charge in [0.15, 0.2) is 0 Å². The molecule has 1 fully saturated rings. The van der Waals surface area contributed by atoms with Gasteiger partial charge in [0.1, 0.15) is 0 Å². The smallest absolute Gasteiger partial charge is 0.0859 e. The van der Waals surface area contributed by atoms with Crippen LogP contribution in [0.4, 0.5) is 0 Å². The van der Waals surface area contributed by atoms with Crippen molar-refractivity contribution in [2.24, 2.45) is 11.8 Å². The predicted octanol–water partition coefficient (Wildman–Crippen LogP) is 3.62. The predicted molar refractivity (Wildman–Crippen MR) is 85.1 cm³/mol. The van der Waals surface area contributed by atoms with Gasteiger partial charge in [-0.1, -0.05) is 13.8 Å². The van der Waals surface area contributed by atoms with Crippen LogP contribution in [0.5, 0.6) is 0 Å². The van der Waals surface area contributed by atoms with E-state index in [1.165, 1.54) is 32.4 Å². The number of piperidine rings is 1. The van der Waals surface area contributed by atoms with Gasteiger partial charge in [-0.2, -0.15) is 0 Å². The minimum absolute atomic E-state index is 0.0876. The fourth-order valence-electron chi connectivity index (χ4n) is 2.24. The van der Waals surface area contributed by atoms with Crippen LogP contribution in [0.2, 0.25) is 0 Å². The Morgan fingerprint density at radius 3 is 2.20 bits per heavy atom. The summed E-state index contributed by atoms with van der Waals surface area (Å²) < 4.78 is 12.1. The summed E-state index contributed by atoms with van der Waals surface area (Å²) in [6, 6.07) is 0. The highest BCUT2D eigenvalue weighted by molar-refractivity contribution is 4.77. The zero-order valence-electron chi connectivity index (χ0n) is 14.4. The Hall–Kier alpha value is -0.120. The van der Waals surface area contributed by atoms with Crippen LogP contribution in [0.3, 0.4) is 0 Å². The summed E-state index contributed by atoms with van der Waals surface area (Å²) in [5, 5.41) is 3.41. The van der Waals surface area contributed by atoms with Crippen molar-refractivity contribution in [1.82, 2.24) is 5.32 Å². The van der Waals surface area contributed by atoms with Gasteiger partial charge in [-0.25, -0.2) is 0 Å². The lowest BCUT2D eigenvalue weighted by atomic mass is 9.94. The Kier molecular flexibility index (Phi) is 6.96. The van der Waals surface area contributed by atoms with E-state index in [1.54, 1.807) is 0 Å². The first-order valence-electron chi connectivity index (χ1n) is 8.21. The maximum absolute atomic E-state index is 6.06. The molecule has 3 nitrogen and oxygen atoms in total. The van der Waals surface area contributed by atoms with Gasteiger partial charge in [0.2, 0.25) is 0 Å². The van der Waals surface area contributed by atoms with E-state index < -0.39 is 0 Å². The highest BCUT2D eigenvalue weighted by atomic mass is 16.6. The largest absolute Gasteiger partial charge is 0.373 e. The van der Waals surface area contributed by atoms with Crippen molar-refractivity contribution < 1.29 is 9.47 Å². The van der Waals surface area contributed by atoms with Crippen molar-refractivity contribution >= 4 is 0 Å². The quantitative estimate of drug-likeness (QED) is 0.739. The molecule has 1 heterocycles. The molecule has 0 spiro atoms. The molecule has 20 heavy (non-hydrogen) atoms. The van der Waals surface area contributed by atoms with E-state index in [9.17, 15) is 0 Å². The molecule has 3 heteroatoms. The van der Waals surface area contributed by atoms with Crippen molar-refractivity contribution in [3.63, 3.8) is 0 Å². The molecule has 0 radical (unpaired) electrons. The van der Waals surface area contributed by atoms with Gasteiger partial charge in [0, 0.05) is 6.61 Å². The van der Waals surface area contributed by atoms with Gasteiger partial charge in [-0.05, 0) is 71.9 Å². The number of hydrogen-bond acceptors (Lipinski definition) is 3. The number of ether oxygens (including phenoxy) is 2. The zero-order valence-corrected chi connectivity index (χ0v) is 14.4. The molecule has 120 valence electrons. The minimum atomic E-state index is -0.195. The Morgan fingerprint density at radius 1 is 1.05 bits per heavy atom. The van der Waals surface area contributed by atoms with Crippen molar-refractivity contribution in [3.8, 4) is 0 Å². The maximum atomic E-state index is 6.06. The van der Waals surface area contributed by atoms with Crippen molar-refractivity contribution in [3.05, 3.63) is 0 Å². The lowest BCUT2D eigenvalue weighted by Crippen LogP contribution is -2.39. The summed E-state index contributed by atoms with van der Waals surface area (Å²) in [7, 11) is 0. The molecule has 1 aliphatic rings. The Morgan fingerprint density at radius 2 is 1.65 bits per heavy atom. The third-order valence-corrected chi connectivity index (χ3v) is 4.66. The molecule has 1 aliphatic heterocycles. The second-order valence-corrected chi connectivity index (χ2v) is 7.64. The summed E-state index contributed by atoms with van der Waals surface area (Å²) in [4.78, 5) is 0. The molecule has 0 aromatic carbocycles. The summed E-state index contributed by atoms with van der Waals surface area (Å²) in [5.74, 6) is 1.34. The van der Waals surface area contributed by atoms with Gasteiger partial charge < -0.3 is 14.8 Å². The molecule has 1 N–H and O–H groups in total. The van der Waals surface area contributed by atoms with E-state index >= 15 is 0 Å². The van der Waals surface area contributed by atoms with Crippen LogP contribution in [0.15, 0.2) is 0 Å². The minimum Gasteiger partial charge on any atom is -0.373 e. The topological polar surface area (TPSA) is 30.5 Å². The second kappa shape index (κ2) is 7.77. The first-order valence-corrected chi connectivity index (χ1v) is 8.21. The normalized spacial score (nSPS) is 18.8. The van der Waals surface area contributed by atoms with Crippen LogP contribution in [0.1, 0.15) is 60.8 Å². The van der Waals surface area contributed by atoms with Crippen LogP contribution in [-0.2, 0) is 9.47 Å². The molecular weight excluding hydrogens is 250 g/mol. The van der Waals surface area contributed by atoms with Crippen LogP contribution >= 0.6 is 0 Å². The monoisotopic (exact) mass is 285 g/mol. The van der Waals surface area contributed by atoms with Crippen LogP contribution in [0.25, 0.3) is 0 Å². The molecule has 0 unspecified atom stereocenters. The molecule has 0 atom stereocenters. The van der Waals surface area contributed by atoms with Crippen LogP contribution in [0, 0.1) is 11.8 Å². The number of hydrogen-bond donors (Lipinski definition) is 1. The van der Waals surface area contributed by atoms with Gasteiger partial charge in [-0.15, -0.1) is 0 Å². The standard InChI is InChI=1S/C17H35NO2/c1-14(2)17(5,6)20-13-16(3,4)19-12-9-15-7-10-18-11-8-15/h14-15,18H,7-13H2,1-6H3. The number of rotatable bonds is 8. The average Bonchev–Trinajstić information content (AvgIpc) is 2.38. The van der Waals surface area contributed by atoms with Crippen molar-refractivity contribution in [2.75, 3.05) is 26.3 Å². The van der Waals surface area contributed by atoms with Crippen LogP contribution < -0.4 is 5.32 Å². The van der Waals surface area contributed by atoms with E-state index in [0.717, 1.165) is 12.5 Å². The van der Waals surface area contributed by atoms with E-state index in [4.69, 9.17) is 9.47 Å². The lowest BCUT2D eigenvalue weighted by Gasteiger charge is -2.35. The van der Waals surface area contributed by atoms with E-state index in [-0.39, 0.29) is 11.2 Å². The fourth-order valence-corrected chi connectivity index (χ4v) is 2.24. The van der Waals surface area contributed by atoms with E-state index in [2.05, 4.69) is 46.9 Å². The van der Waals surface area contributed by atoms with E-state index in [1.807, 2.05) is 0 Å². The third kappa shape index (κ3) is 6.55. The summed E-state index contributed by atoms with van der Waals surface area (Å²) in [6.45, 7) is 16.8. The van der Waals surface area contributed by atoms with E-state index in [0.29, 0.717) is 12.5 Å². The third-order valence-electron chi connectivity index (χ3n) is 4.66. The molecule has 1 rings (SSSR count). The second-order valence-electron chi connectivity index (χ2n) is 7.64. The fraction of sp³-hybridized carbons (Fsp3) is 1.00. The lowest BCUT2D eigenvalue weighted by molar-refractivity contribution is -0.135.